The summed E-state index contributed by atoms with van der Waals surface area (Å²) in [4.78, 5) is 13.1. The van der Waals surface area contributed by atoms with Gasteiger partial charge in [0, 0.05) is 5.75 Å². The van der Waals surface area contributed by atoms with Gasteiger partial charge in [0.15, 0.2) is 0 Å². The molecule has 1 rings (SSSR count). The molecule has 0 radical (unpaired) electrons. The normalized spacial score (nSPS) is 19.3. The van der Waals surface area contributed by atoms with Crippen LogP contribution in [0.25, 0.3) is 0 Å². The summed E-state index contributed by atoms with van der Waals surface area (Å²) in [5.41, 5.74) is 0. The van der Waals surface area contributed by atoms with E-state index in [1.165, 1.54) is 38.9 Å². The van der Waals surface area contributed by atoms with Crippen LogP contribution in [-0.4, -0.2) is 47.1 Å². The van der Waals surface area contributed by atoms with Crippen molar-refractivity contribution < 1.29 is 9.90 Å². The third-order valence-corrected chi connectivity index (χ3v) is 4.06. The van der Waals surface area contributed by atoms with Gasteiger partial charge in [0.1, 0.15) is 0 Å². The summed E-state index contributed by atoms with van der Waals surface area (Å²) in [6.45, 7) is 5.48. The second-order valence-electron chi connectivity index (χ2n) is 4.22. The molecule has 0 aromatic rings. The van der Waals surface area contributed by atoms with Crippen molar-refractivity contribution in [3.63, 3.8) is 0 Å². The summed E-state index contributed by atoms with van der Waals surface area (Å²) < 4.78 is 0. The fraction of sp³-hybridized carbons (Fsp3) is 0.909. The monoisotopic (exact) mass is 231 g/mol. The number of hydrogen-bond acceptors (Lipinski definition) is 3. The minimum Gasteiger partial charge on any atom is -0.481 e. The van der Waals surface area contributed by atoms with Gasteiger partial charge in [-0.05, 0) is 44.6 Å². The lowest BCUT2D eigenvalue weighted by molar-refractivity contribution is -0.140. The van der Waals surface area contributed by atoms with Crippen LogP contribution in [-0.2, 0) is 4.79 Å². The van der Waals surface area contributed by atoms with Gasteiger partial charge < -0.3 is 10.0 Å². The van der Waals surface area contributed by atoms with E-state index in [0.717, 1.165) is 11.5 Å². The zero-order chi connectivity index (χ0) is 11.1. The van der Waals surface area contributed by atoms with E-state index in [-0.39, 0.29) is 5.92 Å². The van der Waals surface area contributed by atoms with E-state index < -0.39 is 5.97 Å². The van der Waals surface area contributed by atoms with E-state index in [2.05, 4.69) is 4.90 Å². The average molecular weight is 231 g/mol. The molecule has 1 N–H and O–H groups in total. The topological polar surface area (TPSA) is 40.5 Å². The maximum atomic E-state index is 10.6. The molecule has 1 aliphatic heterocycles. The van der Waals surface area contributed by atoms with Gasteiger partial charge in [-0.2, -0.15) is 11.8 Å². The first kappa shape index (κ1) is 12.8. The van der Waals surface area contributed by atoms with E-state index in [4.69, 9.17) is 5.11 Å². The van der Waals surface area contributed by atoms with Crippen molar-refractivity contribution >= 4 is 17.7 Å². The summed E-state index contributed by atoms with van der Waals surface area (Å²) in [6.07, 6.45) is 3.89. The molecule has 0 saturated carbocycles. The second-order valence-corrected chi connectivity index (χ2v) is 5.37. The number of hydrogen-bond donors (Lipinski definition) is 1. The zero-order valence-corrected chi connectivity index (χ0v) is 10.3. The molecule has 3 nitrogen and oxygen atoms in total. The summed E-state index contributed by atoms with van der Waals surface area (Å²) in [6, 6.07) is 0. The van der Waals surface area contributed by atoms with Gasteiger partial charge in [0.25, 0.3) is 0 Å². The Kier molecular flexibility index (Phi) is 6.10. The van der Waals surface area contributed by atoms with Gasteiger partial charge in [0.05, 0.1) is 5.92 Å². The molecule has 0 bridgehead atoms. The van der Waals surface area contributed by atoms with Crippen molar-refractivity contribution in [3.05, 3.63) is 0 Å². The molecule has 0 aromatic carbocycles. The van der Waals surface area contributed by atoms with E-state index in [1.807, 2.05) is 0 Å². The van der Waals surface area contributed by atoms with Gasteiger partial charge in [-0.25, -0.2) is 0 Å². The Hall–Kier alpha value is -0.220. The van der Waals surface area contributed by atoms with Crippen LogP contribution in [0.15, 0.2) is 0 Å². The number of thioether (sulfide) groups is 1. The number of carboxylic acids is 1. The zero-order valence-electron chi connectivity index (χ0n) is 9.45. The van der Waals surface area contributed by atoms with E-state index in [9.17, 15) is 4.79 Å². The quantitative estimate of drug-likeness (QED) is 0.680. The third-order valence-electron chi connectivity index (χ3n) is 2.75. The Morgan fingerprint density at radius 2 is 2.13 bits per heavy atom. The van der Waals surface area contributed by atoms with E-state index in [0.29, 0.717) is 0 Å². The second kappa shape index (κ2) is 7.12. The van der Waals surface area contributed by atoms with Crippen molar-refractivity contribution in [2.24, 2.45) is 5.92 Å². The van der Waals surface area contributed by atoms with Crippen LogP contribution in [0.2, 0.25) is 0 Å². The minimum atomic E-state index is -0.679. The first-order valence-electron chi connectivity index (χ1n) is 5.73. The van der Waals surface area contributed by atoms with Crippen molar-refractivity contribution in [1.29, 1.82) is 0 Å². The number of nitrogens with zero attached hydrogens (tertiary/aromatic N) is 1. The number of aliphatic carboxylic acids is 1. The predicted octanol–water partition coefficient (Wildman–Crippen LogP) is 1.93. The first-order valence-corrected chi connectivity index (χ1v) is 6.88. The molecule has 0 aromatic heterocycles. The van der Waals surface area contributed by atoms with Crippen LogP contribution < -0.4 is 0 Å². The largest absolute Gasteiger partial charge is 0.481 e. The first-order chi connectivity index (χ1) is 7.20. The highest BCUT2D eigenvalue weighted by Crippen LogP contribution is 2.12. The molecule has 1 fully saturated rings. The van der Waals surface area contributed by atoms with Gasteiger partial charge in [-0.3, -0.25) is 4.79 Å². The Bertz CT molecular complexity index is 193. The van der Waals surface area contributed by atoms with E-state index in [1.54, 1.807) is 18.7 Å². The molecule has 0 spiro atoms. The molecule has 15 heavy (non-hydrogen) atoms. The maximum absolute atomic E-state index is 10.6. The smallest absolute Gasteiger partial charge is 0.307 e. The van der Waals surface area contributed by atoms with Crippen LogP contribution in [0.4, 0.5) is 0 Å². The maximum Gasteiger partial charge on any atom is 0.307 e. The average Bonchev–Trinajstić information content (AvgIpc) is 2.69. The van der Waals surface area contributed by atoms with Gasteiger partial charge >= 0.3 is 5.97 Å². The van der Waals surface area contributed by atoms with Gasteiger partial charge in [0.2, 0.25) is 0 Å². The fourth-order valence-corrected chi connectivity index (χ4v) is 2.72. The minimum absolute atomic E-state index is 0.207. The molecule has 1 saturated heterocycles. The van der Waals surface area contributed by atoms with Crippen molar-refractivity contribution in [1.82, 2.24) is 4.90 Å². The SMILES string of the molecule is CC(CSCCCN1CCCC1)C(=O)O. The molecular weight excluding hydrogens is 210 g/mol. The number of carbonyl (C=O) groups is 1. The van der Waals surface area contributed by atoms with Crippen molar-refractivity contribution in [2.75, 3.05) is 31.1 Å². The summed E-state index contributed by atoms with van der Waals surface area (Å²) in [5.74, 6) is 0.951. The molecule has 0 aliphatic carbocycles. The van der Waals surface area contributed by atoms with Crippen LogP contribution in [0.5, 0.6) is 0 Å². The van der Waals surface area contributed by atoms with Crippen LogP contribution in [0, 0.1) is 5.92 Å². The van der Waals surface area contributed by atoms with Crippen LogP contribution in [0.3, 0.4) is 0 Å². The molecular formula is C11H21NO2S. The van der Waals surface area contributed by atoms with Crippen LogP contribution in [0.1, 0.15) is 26.2 Å². The highest BCUT2D eigenvalue weighted by atomic mass is 32.2. The molecule has 4 heteroatoms. The lowest BCUT2D eigenvalue weighted by Gasteiger charge is -2.13. The van der Waals surface area contributed by atoms with Gasteiger partial charge in [-0.15, -0.1) is 0 Å². The molecule has 88 valence electrons. The van der Waals surface area contributed by atoms with Crippen LogP contribution >= 0.6 is 11.8 Å². The highest BCUT2D eigenvalue weighted by Gasteiger charge is 2.12. The lowest BCUT2D eigenvalue weighted by Crippen LogP contribution is -2.21. The lowest BCUT2D eigenvalue weighted by atomic mass is 10.2. The Morgan fingerprint density at radius 1 is 1.47 bits per heavy atom. The van der Waals surface area contributed by atoms with Crippen molar-refractivity contribution in [3.8, 4) is 0 Å². The van der Waals surface area contributed by atoms with Crippen molar-refractivity contribution in [2.45, 2.75) is 26.2 Å². The number of carboxylic acid groups (broad SMARTS) is 1. The van der Waals surface area contributed by atoms with E-state index >= 15 is 0 Å². The van der Waals surface area contributed by atoms with Gasteiger partial charge in [-0.1, -0.05) is 6.92 Å². The molecule has 1 heterocycles. The Morgan fingerprint density at radius 3 is 2.73 bits per heavy atom. The summed E-state index contributed by atoms with van der Waals surface area (Å²) in [7, 11) is 0. The Labute approximate surface area is 96.2 Å². The molecule has 1 atom stereocenters. The molecule has 1 aliphatic rings. The third kappa shape index (κ3) is 5.42. The standard InChI is InChI=1S/C11H21NO2S/c1-10(11(13)14)9-15-8-4-7-12-5-2-3-6-12/h10H,2-9H2,1H3,(H,13,14). The summed E-state index contributed by atoms with van der Waals surface area (Å²) in [5, 5.41) is 8.69. The Balaban J connectivity index is 1.90. The summed E-state index contributed by atoms with van der Waals surface area (Å²) >= 11 is 1.77. The number of rotatable bonds is 7. The number of likely N-dealkylation sites (tertiary alicyclic amines) is 1. The molecule has 1 unspecified atom stereocenters. The fourth-order valence-electron chi connectivity index (χ4n) is 1.73. The molecule has 0 amide bonds. The predicted molar refractivity (Wildman–Crippen MR) is 64.4 cm³/mol. The highest BCUT2D eigenvalue weighted by molar-refractivity contribution is 7.99.